The van der Waals surface area contributed by atoms with Crippen molar-refractivity contribution in [1.29, 1.82) is 0 Å². The van der Waals surface area contributed by atoms with Crippen molar-refractivity contribution in [2.75, 3.05) is 46.6 Å². The standard InChI is InChI=1S/C19H37N3O3/c1-3-20-18(22-16-19(23-2)10-13-24-14-11-19)21-12-15-25-17-8-6-4-5-7-9-17/h17H,3-16H2,1-2H3,(H2,20,21,22). The van der Waals surface area contributed by atoms with Crippen LogP contribution in [0.25, 0.3) is 0 Å². The minimum atomic E-state index is -0.183. The molecular formula is C19H37N3O3. The second-order valence-electron chi connectivity index (χ2n) is 7.11. The third kappa shape index (κ3) is 7.50. The third-order valence-corrected chi connectivity index (χ3v) is 5.26. The molecule has 2 fully saturated rings. The number of nitrogens with zero attached hydrogens (tertiary/aromatic N) is 1. The molecule has 1 heterocycles. The first-order valence-corrected chi connectivity index (χ1v) is 10.0. The van der Waals surface area contributed by atoms with Gasteiger partial charge in [-0.05, 0) is 19.8 Å². The summed E-state index contributed by atoms with van der Waals surface area (Å²) in [5, 5.41) is 6.69. The summed E-state index contributed by atoms with van der Waals surface area (Å²) in [5.74, 6) is 0.842. The van der Waals surface area contributed by atoms with Crippen LogP contribution in [0.15, 0.2) is 4.99 Å². The van der Waals surface area contributed by atoms with E-state index < -0.39 is 0 Å². The summed E-state index contributed by atoms with van der Waals surface area (Å²) < 4.78 is 17.2. The minimum absolute atomic E-state index is 0.183. The molecule has 0 unspecified atom stereocenters. The Morgan fingerprint density at radius 2 is 1.84 bits per heavy atom. The molecule has 2 rings (SSSR count). The second kappa shape index (κ2) is 11.7. The van der Waals surface area contributed by atoms with Gasteiger partial charge in [-0.25, -0.2) is 0 Å². The van der Waals surface area contributed by atoms with Gasteiger partial charge in [0, 0.05) is 46.3 Å². The number of guanidine groups is 1. The van der Waals surface area contributed by atoms with Gasteiger partial charge in [-0.1, -0.05) is 25.7 Å². The summed E-state index contributed by atoms with van der Waals surface area (Å²) in [6, 6.07) is 0. The molecule has 0 aromatic rings. The molecule has 2 aliphatic rings. The fraction of sp³-hybridized carbons (Fsp3) is 0.947. The molecule has 1 aliphatic carbocycles. The zero-order valence-corrected chi connectivity index (χ0v) is 16.1. The normalized spacial score (nSPS) is 22.4. The Bertz CT molecular complexity index is 376. The van der Waals surface area contributed by atoms with Gasteiger partial charge in [0.1, 0.15) is 0 Å². The Labute approximate surface area is 153 Å². The minimum Gasteiger partial charge on any atom is -0.381 e. The molecule has 0 amide bonds. The molecule has 1 saturated carbocycles. The van der Waals surface area contributed by atoms with E-state index in [1.54, 1.807) is 7.11 Å². The topological polar surface area (TPSA) is 64.1 Å². The maximum Gasteiger partial charge on any atom is 0.191 e. The molecule has 25 heavy (non-hydrogen) atoms. The SMILES string of the molecule is CCNC(=NCC1(OC)CCOCC1)NCCOC1CCCCCC1. The molecule has 0 radical (unpaired) electrons. The predicted molar refractivity (Wildman–Crippen MR) is 101 cm³/mol. The number of aliphatic imine (C=N–C) groups is 1. The van der Waals surface area contributed by atoms with E-state index in [2.05, 4.69) is 17.6 Å². The van der Waals surface area contributed by atoms with Crippen molar-refractivity contribution in [2.24, 2.45) is 4.99 Å². The lowest BCUT2D eigenvalue weighted by atomic mass is 9.94. The van der Waals surface area contributed by atoms with E-state index in [9.17, 15) is 0 Å². The zero-order chi connectivity index (χ0) is 17.8. The summed E-state index contributed by atoms with van der Waals surface area (Å²) in [5.41, 5.74) is -0.183. The van der Waals surface area contributed by atoms with Gasteiger partial charge in [-0.3, -0.25) is 4.99 Å². The van der Waals surface area contributed by atoms with Gasteiger partial charge in [0.25, 0.3) is 0 Å². The van der Waals surface area contributed by atoms with Crippen molar-refractivity contribution in [3.63, 3.8) is 0 Å². The van der Waals surface area contributed by atoms with E-state index in [1.807, 2.05) is 0 Å². The van der Waals surface area contributed by atoms with E-state index in [0.29, 0.717) is 12.6 Å². The molecule has 0 spiro atoms. The highest BCUT2D eigenvalue weighted by Gasteiger charge is 2.32. The first-order valence-electron chi connectivity index (χ1n) is 10.0. The molecule has 0 atom stereocenters. The van der Waals surface area contributed by atoms with Crippen molar-refractivity contribution in [3.8, 4) is 0 Å². The number of nitrogens with one attached hydrogen (secondary N) is 2. The van der Waals surface area contributed by atoms with Crippen LogP contribution in [-0.4, -0.2) is 64.2 Å². The first kappa shape index (κ1) is 20.5. The Morgan fingerprint density at radius 3 is 2.48 bits per heavy atom. The Morgan fingerprint density at radius 1 is 1.12 bits per heavy atom. The van der Waals surface area contributed by atoms with Crippen molar-refractivity contribution in [2.45, 2.75) is 70.0 Å². The average Bonchev–Trinajstić information content (AvgIpc) is 2.93. The highest BCUT2D eigenvalue weighted by molar-refractivity contribution is 5.79. The number of hydrogen-bond acceptors (Lipinski definition) is 4. The fourth-order valence-electron chi connectivity index (χ4n) is 3.54. The lowest BCUT2D eigenvalue weighted by molar-refractivity contribution is -0.0828. The summed E-state index contributed by atoms with van der Waals surface area (Å²) in [4.78, 5) is 4.74. The van der Waals surface area contributed by atoms with Crippen LogP contribution in [-0.2, 0) is 14.2 Å². The van der Waals surface area contributed by atoms with Gasteiger partial charge in [0.05, 0.1) is 24.9 Å². The van der Waals surface area contributed by atoms with E-state index in [-0.39, 0.29) is 5.60 Å². The monoisotopic (exact) mass is 355 g/mol. The molecule has 0 bridgehead atoms. The Hall–Kier alpha value is -0.850. The van der Waals surface area contributed by atoms with Crippen LogP contribution >= 0.6 is 0 Å². The van der Waals surface area contributed by atoms with Gasteiger partial charge >= 0.3 is 0 Å². The highest BCUT2D eigenvalue weighted by atomic mass is 16.5. The molecule has 1 aliphatic heterocycles. The lowest BCUT2D eigenvalue weighted by Gasteiger charge is -2.34. The number of ether oxygens (including phenoxy) is 3. The van der Waals surface area contributed by atoms with Crippen LogP contribution in [0.4, 0.5) is 0 Å². The average molecular weight is 356 g/mol. The van der Waals surface area contributed by atoms with Crippen LogP contribution in [0.3, 0.4) is 0 Å². The number of methoxy groups -OCH3 is 1. The maximum absolute atomic E-state index is 6.04. The maximum atomic E-state index is 6.04. The van der Waals surface area contributed by atoms with E-state index in [4.69, 9.17) is 19.2 Å². The summed E-state index contributed by atoms with van der Waals surface area (Å²) in [6.45, 7) is 6.61. The number of rotatable bonds is 8. The van der Waals surface area contributed by atoms with Crippen LogP contribution in [0, 0.1) is 0 Å². The van der Waals surface area contributed by atoms with Crippen LogP contribution in [0.1, 0.15) is 58.3 Å². The first-order chi connectivity index (χ1) is 12.3. The highest BCUT2D eigenvalue weighted by Crippen LogP contribution is 2.24. The van der Waals surface area contributed by atoms with Crippen molar-refractivity contribution >= 4 is 5.96 Å². The van der Waals surface area contributed by atoms with Gasteiger partial charge in [-0.15, -0.1) is 0 Å². The molecule has 6 nitrogen and oxygen atoms in total. The molecule has 0 aromatic carbocycles. The molecule has 2 N–H and O–H groups in total. The molecule has 0 aromatic heterocycles. The van der Waals surface area contributed by atoms with Crippen LogP contribution in [0.2, 0.25) is 0 Å². The smallest absolute Gasteiger partial charge is 0.191 e. The molecular weight excluding hydrogens is 318 g/mol. The van der Waals surface area contributed by atoms with Crippen LogP contribution < -0.4 is 10.6 Å². The molecule has 1 saturated heterocycles. The van der Waals surface area contributed by atoms with Gasteiger partial charge in [-0.2, -0.15) is 0 Å². The van der Waals surface area contributed by atoms with E-state index >= 15 is 0 Å². The number of hydrogen-bond donors (Lipinski definition) is 2. The fourth-order valence-corrected chi connectivity index (χ4v) is 3.54. The summed E-state index contributed by atoms with van der Waals surface area (Å²) >= 11 is 0. The largest absolute Gasteiger partial charge is 0.381 e. The van der Waals surface area contributed by atoms with Gasteiger partial charge in [0.2, 0.25) is 0 Å². The van der Waals surface area contributed by atoms with E-state index in [1.165, 1.54) is 38.5 Å². The lowest BCUT2D eigenvalue weighted by Crippen LogP contribution is -2.44. The third-order valence-electron chi connectivity index (χ3n) is 5.26. The zero-order valence-electron chi connectivity index (χ0n) is 16.1. The molecule has 6 heteroatoms. The van der Waals surface area contributed by atoms with Gasteiger partial charge in [0.15, 0.2) is 5.96 Å². The quantitative estimate of drug-likeness (QED) is 0.303. The van der Waals surface area contributed by atoms with Crippen LogP contribution in [0.5, 0.6) is 0 Å². The Kier molecular flexibility index (Phi) is 9.58. The Balaban J connectivity index is 1.73. The summed E-state index contributed by atoms with van der Waals surface area (Å²) in [6.07, 6.45) is 10.0. The van der Waals surface area contributed by atoms with Crippen molar-refractivity contribution in [3.05, 3.63) is 0 Å². The summed E-state index contributed by atoms with van der Waals surface area (Å²) in [7, 11) is 1.78. The molecule has 146 valence electrons. The predicted octanol–water partition coefficient (Wildman–Crippen LogP) is 2.48. The van der Waals surface area contributed by atoms with Gasteiger partial charge < -0.3 is 24.8 Å². The second-order valence-corrected chi connectivity index (χ2v) is 7.11. The van der Waals surface area contributed by atoms with Crippen molar-refractivity contribution < 1.29 is 14.2 Å². The van der Waals surface area contributed by atoms with E-state index in [0.717, 1.165) is 51.7 Å². The van der Waals surface area contributed by atoms with Crippen molar-refractivity contribution in [1.82, 2.24) is 10.6 Å².